The van der Waals surface area contributed by atoms with Crippen LogP contribution in [-0.2, 0) is 21.7 Å². The molecular formula is C58H78N4S18. The van der Waals surface area contributed by atoms with Crippen LogP contribution in [0, 0.1) is 0 Å². The van der Waals surface area contributed by atoms with Gasteiger partial charge in [-0.3, -0.25) is 0 Å². The average Bonchev–Trinajstić information content (AvgIpc) is 4.37. The topological polar surface area (TPSA) is 59.4 Å². The molecular weight excluding hydrogens is 1330 g/mol. The molecule has 0 saturated heterocycles. The highest BCUT2D eigenvalue weighted by Gasteiger charge is 2.50. The monoisotopic (exact) mass is 1410 g/mol. The van der Waals surface area contributed by atoms with Gasteiger partial charge in [0.15, 0.2) is 0 Å². The van der Waals surface area contributed by atoms with E-state index in [0.717, 1.165) is 34.5 Å². The summed E-state index contributed by atoms with van der Waals surface area (Å²) in [5.41, 5.74) is 6.77. The molecule has 80 heavy (non-hydrogen) atoms. The van der Waals surface area contributed by atoms with Gasteiger partial charge in [0.25, 0.3) is 0 Å². The van der Waals surface area contributed by atoms with Crippen molar-refractivity contribution in [3.05, 3.63) is 85.0 Å². The van der Waals surface area contributed by atoms with Gasteiger partial charge in [-0.25, -0.2) is 0 Å². The van der Waals surface area contributed by atoms with Gasteiger partial charge in [0, 0.05) is 97.3 Å². The Morgan fingerprint density at radius 2 is 0.487 bits per heavy atom. The number of H-pyrrole nitrogens is 3. The lowest BCUT2D eigenvalue weighted by molar-refractivity contribution is 0.264. The number of fused-ring (bicyclic) bond motifs is 15. The standard InChI is InChI=1S/C58H78N4S18/c1-17-23-63-43-44(64-24-18-2)76-52(75-43)49-69-31-33(71-49)39-57(13,14)41-35-36(74-51(73-35)54-79-47(67-27-21-5)48(80-54)68-28-22-6)42(62-41)58(15,16)40-34-32(38(61-40)56(11,12)30(8)59-29(7)55(9,10)37(31)60-39)70-50(72-34)53-77-45(65-25-19-3)46(78-53)66-26-20-4/h29-30,59-62H,17-28H2,1-16H3/t29-,30+. The summed E-state index contributed by atoms with van der Waals surface area (Å²) in [5, 5.41) is 4.33. The van der Waals surface area contributed by atoms with Gasteiger partial charge in [-0.1, -0.05) is 210 Å². The minimum absolute atomic E-state index is 0.157. The van der Waals surface area contributed by atoms with Gasteiger partial charge >= 0.3 is 0 Å². The summed E-state index contributed by atoms with van der Waals surface area (Å²) in [4.78, 5) is 21.6. The normalized spacial score (nSPS) is 23.1. The summed E-state index contributed by atoms with van der Waals surface area (Å²) in [6.45, 7) is 38.8. The second kappa shape index (κ2) is 27.6. The second-order valence-electron chi connectivity index (χ2n) is 22.7. The number of nitrogens with one attached hydrogen (secondary N) is 4. The third-order valence-corrected chi connectivity index (χ3v) is 42.4. The third kappa shape index (κ3) is 12.9. The highest BCUT2D eigenvalue weighted by atomic mass is 32.3. The minimum atomic E-state index is -0.395. The molecule has 10 heterocycles. The molecule has 3 aromatic rings. The fourth-order valence-electron chi connectivity index (χ4n) is 9.76. The van der Waals surface area contributed by atoms with Crippen molar-refractivity contribution in [3.63, 3.8) is 0 Å². The molecule has 0 amide bonds. The summed E-state index contributed by atoms with van der Waals surface area (Å²) < 4.78 is 17.8. The van der Waals surface area contributed by atoms with E-state index in [0.29, 0.717) is 0 Å². The molecule has 438 valence electrons. The molecule has 7 aliphatic heterocycles. The maximum Gasteiger partial charge on any atom is 0.0717 e. The van der Waals surface area contributed by atoms with E-state index in [-0.39, 0.29) is 22.9 Å². The van der Waals surface area contributed by atoms with Crippen LogP contribution in [0.15, 0.2) is 80.2 Å². The van der Waals surface area contributed by atoms with Crippen molar-refractivity contribution in [3.8, 4) is 0 Å². The van der Waals surface area contributed by atoms with Crippen molar-refractivity contribution in [2.45, 2.75) is 212 Å². The van der Waals surface area contributed by atoms with Crippen LogP contribution in [0.2, 0.25) is 0 Å². The number of thioether (sulfide) groups is 18. The maximum absolute atomic E-state index is 4.43. The lowest BCUT2D eigenvalue weighted by atomic mass is 9.78. The summed E-state index contributed by atoms with van der Waals surface area (Å²) in [7, 11) is 0. The molecule has 2 atom stereocenters. The fraction of sp³-hybridized carbons (Fsp3) is 0.586. The van der Waals surface area contributed by atoms with Gasteiger partial charge in [0.05, 0.1) is 50.8 Å². The first-order chi connectivity index (χ1) is 38.2. The Kier molecular flexibility index (Phi) is 22.6. The Morgan fingerprint density at radius 3 is 0.700 bits per heavy atom. The van der Waals surface area contributed by atoms with Crippen LogP contribution < -0.4 is 5.32 Å². The summed E-state index contributed by atoms with van der Waals surface area (Å²) >= 11 is 36.9. The maximum atomic E-state index is 4.43. The minimum Gasteiger partial charge on any atom is -0.359 e. The van der Waals surface area contributed by atoms with Crippen LogP contribution in [0.5, 0.6) is 0 Å². The number of aromatic amines is 3. The molecule has 4 N–H and O–H groups in total. The van der Waals surface area contributed by atoms with Crippen LogP contribution >= 0.6 is 212 Å². The molecule has 10 rings (SSSR count). The molecule has 0 radical (unpaired) electrons. The molecule has 0 aromatic carbocycles. The lowest BCUT2D eigenvalue weighted by Gasteiger charge is -2.40. The van der Waals surface area contributed by atoms with Crippen LogP contribution in [0.1, 0.15) is 183 Å². The van der Waals surface area contributed by atoms with E-state index in [1.54, 1.807) is 0 Å². The molecule has 0 aliphatic carbocycles. The summed E-state index contributed by atoms with van der Waals surface area (Å²) in [5.74, 6) is 6.97. The first-order valence-corrected chi connectivity index (χ1v) is 43.9. The van der Waals surface area contributed by atoms with E-state index >= 15 is 0 Å². The molecule has 3 aromatic heterocycles. The zero-order valence-corrected chi connectivity index (χ0v) is 63.7. The van der Waals surface area contributed by atoms with Crippen molar-refractivity contribution in [2.75, 3.05) is 34.5 Å². The summed E-state index contributed by atoms with van der Waals surface area (Å²) in [6, 6.07) is 0.313. The van der Waals surface area contributed by atoms with E-state index < -0.39 is 10.8 Å². The third-order valence-electron chi connectivity index (χ3n) is 15.1. The quantitative estimate of drug-likeness (QED) is 0.0977. The van der Waals surface area contributed by atoms with Gasteiger partial charge in [0.1, 0.15) is 0 Å². The van der Waals surface area contributed by atoms with E-state index in [1.807, 2.05) is 141 Å². The average molecular weight is 1410 g/mol. The molecule has 4 nitrogen and oxygen atoms in total. The second-order valence-corrected chi connectivity index (χ2v) is 44.6. The van der Waals surface area contributed by atoms with Crippen LogP contribution in [-0.4, -0.2) is 61.6 Å². The van der Waals surface area contributed by atoms with E-state index in [9.17, 15) is 0 Å². The van der Waals surface area contributed by atoms with Crippen molar-refractivity contribution in [1.82, 2.24) is 20.3 Å². The molecule has 0 saturated carbocycles. The Labute approximate surface area is 557 Å². The first kappa shape index (κ1) is 65.5. The highest BCUT2D eigenvalue weighted by Crippen LogP contribution is 2.71. The van der Waals surface area contributed by atoms with Gasteiger partial charge in [-0.15, -0.1) is 70.6 Å². The van der Waals surface area contributed by atoms with Crippen LogP contribution in [0.4, 0.5) is 0 Å². The Hall–Kier alpha value is 2.54. The molecule has 0 unspecified atom stereocenters. The highest BCUT2D eigenvalue weighted by molar-refractivity contribution is 8.44. The van der Waals surface area contributed by atoms with E-state index in [4.69, 9.17) is 0 Å². The number of rotatable bonds is 18. The van der Waals surface area contributed by atoms with Gasteiger partial charge in [-0.2, -0.15) is 0 Å². The van der Waals surface area contributed by atoms with Gasteiger partial charge < -0.3 is 20.3 Å². The molecule has 0 fully saturated rings. The molecule has 7 aliphatic rings. The van der Waals surface area contributed by atoms with Crippen molar-refractivity contribution < 1.29 is 0 Å². The van der Waals surface area contributed by atoms with Gasteiger partial charge in [-0.05, 0) is 115 Å². The summed E-state index contributed by atoms with van der Waals surface area (Å²) in [6.07, 6.45) is 7.12. The number of hydrogen-bond acceptors (Lipinski definition) is 19. The Morgan fingerprint density at radius 1 is 0.300 bits per heavy atom. The zero-order chi connectivity index (χ0) is 57.1. The lowest BCUT2D eigenvalue weighted by Crippen LogP contribution is -2.52. The Balaban J connectivity index is 1.13. The largest absolute Gasteiger partial charge is 0.359 e. The van der Waals surface area contributed by atoms with E-state index in [1.165, 1.54) is 153 Å². The van der Waals surface area contributed by atoms with Crippen molar-refractivity contribution in [1.29, 1.82) is 0 Å². The number of aromatic nitrogens is 3. The van der Waals surface area contributed by atoms with Gasteiger partial charge in [0.2, 0.25) is 0 Å². The van der Waals surface area contributed by atoms with Crippen LogP contribution in [0.25, 0.3) is 0 Å². The van der Waals surface area contributed by atoms with Crippen molar-refractivity contribution >= 4 is 212 Å². The fourth-order valence-corrected chi connectivity index (χ4v) is 36.8. The Bertz CT molecular complexity index is 2830. The molecule has 22 heteroatoms. The smallest absolute Gasteiger partial charge is 0.0717 e. The van der Waals surface area contributed by atoms with E-state index in [2.05, 4.69) is 202 Å². The molecule has 0 spiro atoms. The predicted molar refractivity (Wildman–Crippen MR) is 394 cm³/mol. The van der Waals surface area contributed by atoms with Crippen LogP contribution in [0.3, 0.4) is 0 Å². The molecule has 6 bridgehead atoms. The predicted octanol–water partition coefficient (Wildman–Crippen LogP) is 24.9. The zero-order valence-electron chi connectivity index (χ0n) is 49.0. The number of hydrogen-bond donors (Lipinski definition) is 4. The SMILES string of the molecule is CCCSC1=C(SCCC)SC(=C2Sc3c4[nH]c(c3S2)C(C)(C)c2[nH]c(c3c2SC(=C2SC(SCCC)=C(SCCC)S2)S3)C(C)(C)[C@@H](C)N[C@@H](C)C(C)(C)c2[nH]c(c3c2SC(=C2SC(SCCC)=C(SCCC)S2)S3)C4(C)C)S1. The first-order valence-electron chi connectivity index (χ1n) is 28.2. The van der Waals surface area contributed by atoms with Crippen molar-refractivity contribution in [2.24, 2.45) is 0 Å².